The van der Waals surface area contributed by atoms with Crippen molar-refractivity contribution in [1.82, 2.24) is 14.5 Å². The van der Waals surface area contributed by atoms with Gasteiger partial charge < -0.3 is 14.4 Å². The van der Waals surface area contributed by atoms with E-state index in [1.807, 2.05) is 12.1 Å². The van der Waals surface area contributed by atoms with Crippen LogP contribution in [0.5, 0.6) is 0 Å². The molecule has 8 nitrogen and oxygen atoms in total. The smallest absolute Gasteiger partial charge is 0.294 e. The molecule has 2 aromatic carbocycles. The summed E-state index contributed by atoms with van der Waals surface area (Å²) in [6.07, 6.45) is 4.68. The maximum atomic E-state index is 12.9. The monoisotopic (exact) mass is 391 g/mol. The highest BCUT2D eigenvalue weighted by Gasteiger charge is 2.25. The SMILES string of the molecule is Cc1ccccc1N1CCN(C(=O)c2ccc(-n3ccnc3)c([N+](=O)[O-])c2)CC1. The lowest BCUT2D eigenvalue weighted by molar-refractivity contribution is -0.384. The van der Waals surface area contributed by atoms with Gasteiger partial charge in [0.1, 0.15) is 5.69 Å². The van der Waals surface area contributed by atoms with Gasteiger partial charge in [0.25, 0.3) is 11.6 Å². The van der Waals surface area contributed by atoms with E-state index in [0.29, 0.717) is 24.3 Å². The zero-order valence-electron chi connectivity index (χ0n) is 16.1. The lowest BCUT2D eigenvalue weighted by Crippen LogP contribution is -2.49. The molecule has 2 heterocycles. The molecule has 0 spiro atoms. The number of aryl methyl sites for hydroxylation is 1. The van der Waals surface area contributed by atoms with Crippen molar-refractivity contribution in [3.05, 3.63) is 82.4 Å². The number of anilines is 1. The minimum absolute atomic E-state index is 0.118. The lowest BCUT2D eigenvalue weighted by Gasteiger charge is -2.36. The number of hydrogen-bond acceptors (Lipinski definition) is 5. The highest BCUT2D eigenvalue weighted by molar-refractivity contribution is 5.95. The molecule has 8 heteroatoms. The van der Waals surface area contributed by atoms with Crippen LogP contribution in [-0.4, -0.2) is 51.5 Å². The Morgan fingerprint density at radius 1 is 1.07 bits per heavy atom. The standard InChI is InChI=1S/C21H21N5O3/c1-16-4-2-3-5-18(16)23-10-12-24(13-11-23)21(27)17-6-7-19(20(14-17)26(28)29)25-9-8-22-15-25/h2-9,14-15H,10-13H2,1H3. The molecule has 1 aliphatic heterocycles. The van der Waals surface area contributed by atoms with E-state index in [1.54, 1.807) is 34.0 Å². The summed E-state index contributed by atoms with van der Waals surface area (Å²) in [5.74, 6) is -0.185. The third-order valence-corrected chi connectivity index (χ3v) is 5.22. The highest BCUT2D eigenvalue weighted by Crippen LogP contribution is 2.26. The number of nitrogens with zero attached hydrogens (tertiary/aromatic N) is 5. The van der Waals surface area contributed by atoms with Crippen LogP contribution in [0.4, 0.5) is 11.4 Å². The quantitative estimate of drug-likeness (QED) is 0.504. The summed E-state index contributed by atoms with van der Waals surface area (Å²) >= 11 is 0. The van der Waals surface area contributed by atoms with E-state index in [4.69, 9.17) is 0 Å². The molecule has 0 saturated carbocycles. The molecule has 3 aromatic rings. The Labute approximate surface area is 168 Å². The summed E-state index contributed by atoms with van der Waals surface area (Å²) in [5, 5.41) is 11.5. The second kappa shape index (κ2) is 7.75. The Bertz CT molecular complexity index is 1040. The molecule has 0 radical (unpaired) electrons. The average molecular weight is 391 g/mol. The number of rotatable bonds is 4. The van der Waals surface area contributed by atoms with E-state index in [0.717, 1.165) is 13.1 Å². The van der Waals surface area contributed by atoms with Gasteiger partial charge in [-0.05, 0) is 30.7 Å². The molecule has 0 atom stereocenters. The first-order chi connectivity index (χ1) is 14.0. The third-order valence-electron chi connectivity index (χ3n) is 5.22. The largest absolute Gasteiger partial charge is 0.368 e. The van der Waals surface area contributed by atoms with Crippen molar-refractivity contribution in [2.45, 2.75) is 6.92 Å². The van der Waals surface area contributed by atoms with Gasteiger partial charge in [-0.25, -0.2) is 4.98 Å². The number of para-hydroxylation sites is 1. The zero-order chi connectivity index (χ0) is 20.4. The van der Waals surface area contributed by atoms with Crippen LogP contribution < -0.4 is 4.90 Å². The van der Waals surface area contributed by atoms with E-state index in [-0.39, 0.29) is 11.6 Å². The van der Waals surface area contributed by atoms with Crippen molar-refractivity contribution in [3.8, 4) is 5.69 Å². The van der Waals surface area contributed by atoms with Crippen LogP contribution in [0.1, 0.15) is 15.9 Å². The normalized spacial score (nSPS) is 14.1. The number of amides is 1. The van der Waals surface area contributed by atoms with Crippen molar-refractivity contribution in [1.29, 1.82) is 0 Å². The fourth-order valence-corrected chi connectivity index (χ4v) is 3.67. The van der Waals surface area contributed by atoms with Crippen molar-refractivity contribution in [2.75, 3.05) is 31.1 Å². The van der Waals surface area contributed by atoms with Crippen molar-refractivity contribution < 1.29 is 9.72 Å². The Balaban J connectivity index is 1.51. The minimum atomic E-state index is -0.470. The molecule has 29 heavy (non-hydrogen) atoms. The molecule has 1 aliphatic rings. The predicted molar refractivity (Wildman–Crippen MR) is 110 cm³/mol. The van der Waals surface area contributed by atoms with Gasteiger partial charge >= 0.3 is 0 Å². The summed E-state index contributed by atoms with van der Waals surface area (Å²) in [7, 11) is 0. The molecule has 1 amide bonds. The number of nitro groups is 1. The van der Waals surface area contributed by atoms with Gasteiger partial charge in [0.05, 0.1) is 11.3 Å². The van der Waals surface area contributed by atoms with Crippen LogP contribution in [0.15, 0.2) is 61.2 Å². The number of carbonyl (C=O) groups excluding carboxylic acids is 1. The first kappa shape index (κ1) is 18.7. The second-order valence-electron chi connectivity index (χ2n) is 7.00. The van der Waals surface area contributed by atoms with Gasteiger partial charge in [-0.1, -0.05) is 18.2 Å². The number of hydrogen-bond donors (Lipinski definition) is 0. The van der Waals surface area contributed by atoms with E-state index in [2.05, 4.69) is 28.9 Å². The van der Waals surface area contributed by atoms with Crippen LogP contribution >= 0.6 is 0 Å². The summed E-state index contributed by atoms with van der Waals surface area (Å²) in [6.45, 7) is 4.68. The third kappa shape index (κ3) is 3.69. The minimum Gasteiger partial charge on any atom is -0.368 e. The first-order valence-corrected chi connectivity index (χ1v) is 9.41. The summed E-state index contributed by atoms with van der Waals surface area (Å²) < 4.78 is 1.56. The van der Waals surface area contributed by atoms with Crippen LogP contribution in [-0.2, 0) is 0 Å². The lowest BCUT2D eigenvalue weighted by atomic mass is 10.1. The molecule has 0 aliphatic carbocycles. The number of nitro benzene ring substituents is 1. The maximum Gasteiger partial charge on any atom is 0.294 e. The fourth-order valence-electron chi connectivity index (χ4n) is 3.67. The van der Waals surface area contributed by atoms with Crippen LogP contribution in [0, 0.1) is 17.0 Å². The Morgan fingerprint density at radius 3 is 2.48 bits per heavy atom. The molecule has 4 rings (SSSR count). The van der Waals surface area contributed by atoms with E-state index >= 15 is 0 Å². The molecule has 1 fully saturated rings. The first-order valence-electron chi connectivity index (χ1n) is 9.41. The average Bonchev–Trinajstić information content (AvgIpc) is 3.28. The summed E-state index contributed by atoms with van der Waals surface area (Å²) in [6, 6.07) is 12.8. The van der Waals surface area contributed by atoms with Crippen molar-refractivity contribution in [3.63, 3.8) is 0 Å². The molecule has 0 unspecified atom stereocenters. The second-order valence-corrected chi connectivity index (χ2v) is 7.00. The number of benzene rings is 2. The molecular weight excluding hydrogens is 370 g/mol. The fraction of sp³-hybridized carbons (Fsp3) is 0.238. The molecule has 0 N–H and O–H groups in total. The van der Waals surface area contributed by atoms with Gasteiger partial charge in [0.2, 0.25) is 0 Å². The molecule has 1 aromatic heterocycles. The van der Waals surface area contributed by atoms with E-state index in [1.165, 1.54) is 23.6 Å². The van der Waals surface area contributed by atoms with Gasteiger partial charge in [-0.15, -0.1) is 0 Å². The Hall–Kier alpha value is -3.68. The van der Waals surface area contributed by atoms with Gasteiger partial charge in [0.15, 0.2) is 0 Å². The Kier molecular flexibility index (Phi) is 4.99. The number of piperazine rings is 1. The highest BCUT2D eigenvalue weighted by atomic mass is 16.6. The number of aromatic nitrogens is 2. The predicted octanol–water partition coefficient (Wildman–Crippen LogP) is 3.05. The summed E-state index contributed by atoms with van der Waals surface area (Å²) in [4.78, 5) is 32.0. The van der Waals surface area contributed by atoms with Gasteiger partial charge in [0, 0.05) is 55.9 Å². The van der Waals surface area contributed by atoms with E-state index in [9.17, 15) is 14.9 Å². The van der Waals surface area contributed by atoms with Gasteiger partial charge in [-0.2, -0.15) is 0 Å². The number of imidazole rings is 1. The van der Waals surface area contributed by atoms with Crippen LogP contribution in [0.2, 0.25) is 0 Å². The van der Waals surface area contributed by atoms with Crippen LogP contribution in [0.25, 0.3) is 5.69 Å². The maximum absolute atomic E-state index is 12.9. The topological polar surface area (TPSA) is 84.5 Å². The molecule has 148 valence electrons. The van der Waals surface area contributed by atoms with Crippen molar-refractivity contribution >= 4 is 17.3 Å². The zero-order valence-corrected chi connectivity index (χ0v) is 16.1. The number of carbonyl (C=O) groups is 1. The van der Waals surface area contributed by atoms with Crippen LogP contribution in [0.3, 0.4) is 0 Å². The summed E-state index contributed by atoms with van der Waals surface area (Å²) in [5.41, 5.74) is 2.98. The Morgan fingerprint density at radius 2 is 1.83 bits per heavy atom. The van der Waals surface area contributed by atoms with Crippen molar-refractivity contribution in [2.24, 2.45) is 0 Å². The molecule has 1 saturated heterocycles. The molecule has 0 bridgehead atoms. The molecular formula is C21H21N5O3. The van der Waals surface area contributed by atoms with Gasteiger partial charge in [-0.3, -0.25) is 14.9 Å². The van der Waals surface area contributed by atoms with E-state index < -0.39 is 4.92 Å².